The number of nitrogens with zero attached hydrogens (tertiary/aromatic N) is 2. The van der Waals surface area contributed by atoms with E-state index in [4.69, 9.17) is 27.9 Å². The molecule has 1 aliphatic heterocycles. The molecule has 0 spiro atoms. The molecule has 0 N–H and O–H groups in total. The van der Waals surface area contributed by atoms with Crippen molar-refractivity contribution in [3.63, 3.8) is 0 Å². The molecule has 1 amide bonds. The van der Waals surface area contributed by atoms with Crippen molar-refractivity contribution in [2.75, 3.05) is 13.2 Å². The van der Waals surface area contributed by atoms with Gasteiger partial charge in [0.15, 0.2) is 0 Å². The number of hydrogen-bond donors (Lipinski definition) is 0. The van der Waals surface area contributed by atoms with Gasteiger partial charge in [-0.1, -0.05) is 71.7 Å². The monoisotopic (exact) mass is 524 g/mol. The zero-order valence-corrected chi connectivity index (χ0v) is 22.7. The quantitative estimate of drug-likeness (QED) is 0.322. The second kappa shape index (κ2) is 11.7. The van der Waals surface area contributed by atoms with Gasteiger partial charge in [-0.3, -0.25) is 9.80 Å². The second-order valence-electron chi connectivity index (χ2n) is 10.4. The molecule has 4 nitrogen and oxygen atoms in total. The number of hydrogen-bond acceptors (Lipinski definition) is 3. The number of ether oxygens (including phenoxy) is 1. The summed E-state index contributed by atoms with van der Waals surface area (Å²) >= 11 is 12.4. The fourth-order valence-corrected chi connectivity index (χ4v) is 5.02. The van der Waals surface area contributed by atoms with Crippen LogP contribution >= 0.6 is 23.2 Å². The van der Waals surface area contributed by atoms with Crippen molar-refractivity contribution in [3.05, 3.63) is 105 Å². The van der Waals surface area contributed by atoms with E-state index in [1.165, 1.54) is 16.7 Å². The van der Waals surface area contributed by atoms with Crippen molar-refractivity contribution < 1.29 is 9.53 Å². The Kier molecular flexibility index (Phi) is 8.61. The number of halogens is 2. The molecule has 0 radical (unpaired) electrons. The van der Waals surface area contributed by atoms with E-state index in [2.05, 4.69) is 29.2 Å². The Labute approximate surface area is 224 Å². The summed E-state index contributed by atoms with van der Waals surface area (Å²) in [5.41, 5.74) is 4.53. The van der Waals surface area contributed by atoms with Crippen LogP contribution in [0.25, 0.3) is 0 Å². The summed E-state index contributed by atoms with van der Waals surface area (Å²) in [5, 5.41) is 1.49. The predicted octanol–water partition coefficient (Wildman–Crippen LogP) is 7.40. The average Bonchev–Trinajstić information content (AvgIpc) is 2.84. The molecule has 1 unspecified atom stereocenters. The lowest BCUT2D eigenvalue weighted by Gasteiger charge is -2.38. The maximum Gasteiger partial charge on any atom is 0.410 e. The maximum absolute atomic E-state index is 13.1. The summed E-state index contributed by atoms with van der Waals surface area (Å²) in [4.78, 5) is 17.3. The molecule has 3 aromatic carbocycles. The van der Waals surface area contributed by atoms with E-state index in [0.29, 0.717) is 25.7 Å². The van der Waals surface area contributed by atoms with Crippen LogP contribution in [0, 0.1) is 0 Å². The molecule has 0 fully saturated rings. The Morgan fingerprint density at radius 2 is 1.64 bits per heavy atom. The average molecular weight is 526 g/mol. The summed E-state index contributed by atoms with van der Waals surface area (Å²) in [7, 11) is 0. The third kappa shape index (κ3) is 7.03. The molecule has 1 aliphatic rings. The minimum absolute atomic E-state index is 0.291. The molecule has 0 aliphatic carbocycles. The van der Waals surface area contributed by atoms with Gasteiger partial charge in [0, 0.05) is 41.3 Å². The standard InChI is InChI=1S/C30H34Cl2N2O2/c1-30(2,3)34(20-23-7-5-4-6-8-23)29(35)36-16-15-33-21-25-18-27(32)14-11-24(25)19-28(33)17-22-9-12-26(31)13-10-22/h4-14,18,28H,15-17,19-21H2,1-3H3. The van der Waals surface area contributed by atoms with Gasteiger partial charge >= 0.3 is 6.09 Å². The highest BCUT2D eigenvalue weighted by Gasteiger charge is 2.30. The first-order valence-electron chi connectivity index (χ1n) is 12.4. The molecule has 36 heavy (non-hydrogen) atoms. The SMILES string of the molecule is CC(C)(C)N(Cc1ccccc1)C(=O)OCCN1Cc2cc(Cl)ccc2CC1Cc1ccc(Cl)cc1. The normalized spacial score (nSPS) is 15.9. The molecule has 0 bridgehead atoms. The van der Waals surface area contributed by atoms with Crippen LogP contribution in [-0.4, -0.2) is 40.6 Å². The zero-order valence-electron chi connectivity index (χ0n) is 21.2. The van der Waals surface area contributed by atoms with E-state index in [-0.39, 0.29) is 11.6 Å². The molecule has 6 heteroatoms. The van der Waals surface area contributed by atoms with Crippen LogP contribution in [0.4, 0.5) is 4.79 Å². The van der Waals surface area contributed by atoms with Crippen LogP contribution in [0.15, 0.2) is 72.8 Å². The second-order valence-corrected chi connectivity index (χ2v) is 11.3. The molecular weight excluding hydrogens is 491 g/mol. The molecular formula is C30H34Cl2N2O2. The van der Waals surface area contributed by atoms with Crippen molar-refractivity contribution in [2.45, 2.75) is 58.3 Å². The van der Waals surface area contributed by atoms with Crippen LogP contribution < -0.4 is 0 Å². The third-order valence-corrected chi connectivity index (χ3v) is 7.20. The van der Waals surface area contributed by atoms with Crippen LogP contribution in [0.2, 0.25) is 10.0 Å². The summed E-state index contributed by atoms with van der Waals surface area (Å²) in [6, 6.07) is 24.5. The summed E-state index contributed by atoms with van der Waals surface area (Å²) in [6.07, 6.45) is 1.53. The van der Waals surface area contributed by atoms with E-state index in [0.717, 1.165) is 35.0 Å². The number of carbonyl (C=O) groups is 1. The van der Waals surface area contributed by atoms with E-state index >= 15 is 0 Å². The first kappa shape index (κ1) is 26.5. The lowest BCUT2D eigenvalue weighted by atomic mass is 9.90. The topological polar surface area (TPSA) is 32.8 Å². The van der Waals surface area contributed by atoms with E-state index < -0.39 is 0 Å². The number of carbonyl (C=O) groups excluding carboxylic acids is 1. The van der Waals surface area contributed by atoms with Gasteiger partial charge < -0.3 is 4.74 Å². The maximum atomic E-state index is 13.1. The van der Waals surface area contributed by atoms with Gasteiger partial charge in [0.1, 0.15) is 6.61 Å². The van der Waals surface area contributed by atoms with Crippen molar-refractivity contribution in [1.29, 1.82) is 0 Å². The van der Waals surface area contributed by atoms with Crippen LogP contribution in [0.3, 0.4) is 0 Å². The smallest absolute Gasteiger partial charge is 0.410 e. The van der Waals surface area contributed by atoms with Crippen molar-refractivity contribution in [3.8, 4) is 0 Å². The summed E-state index contributed by atoms with van der Waals surface area (Å²) in [6.45, 7) is 8.36. The minimum Gasteiger partial charge on any atom is -0.448 e. The first-order valence-corrected chi connectivity index (χ1v) is 13.2. The largest absolute Gasteiger partial charge is 0.448 e. The Balaban J connectivity index is 1.43. The highest BCUT2D eigenvalue weighted by atomic mass is 35.5. The Morgan fingerprint density at radius 3 is 2.33 bits per heavy atom. The fraction of sp³-hybridized carbons (Fsp3) is 0.367. The summed E-state index contributed by atoms with van der Waals surface area (Å²) < 4.78 is 5.83. The lowest BCUT2D eigenvalue weighted by molar-refractivity contribution is 0.0493. The number of amides is 1. The lowest BCUT2D eigenvalue weighted by Crippen LogP contribution is -2.47. The van der Waals surface area contributed by atoms with E-state index in [1.54, 1.807) is 4.90 Å². The van der Waals surface area contributed by atoms with E-state index in [9.17, 15) is 4.79 Å². The number of benzene rings is 3. The molecule has 0 saturated carbocycles. The van der Waals surface area contributed by atoms with Crippen molar-refractivity contribution >= 4 is 29.3 Å². The van der Waals surface area contributed by atoms with Gasteiger partial charge in [0.05, 0.1) is 0 Å². The zero-order chi connectivity index (χ0) is 25.7. The van der Waals surface area contributed by atoms with Crippen LogP contribution in [0.5, 0.6) is 0 Å². The van der Waals surface area contributed by atoms with Gasteiger partial charge in [-0.05, 0) is 80.1 Å². The fourth-order valence-electron chi connectivity index (χ4n) is 4.70. The molecule has 0 aromatic heterocycles. The van der Waals surface area contributed by atoms with E-state index in [1.807, 2.05) is 69.3 Å². The predicted molar refractivity (Wildman–Crippen MR) is 148 cm³/mol. The molecule has 3 aromatic rings. The molecule has 1 heterocycles. The number of rotatable bonds is 7. The summed E-state index contributed by atoms with van der Waals surface area (Å²) in [5.74, 6) is 0. The highest BCUT2D eigenvalue weighted by Crippen LogP contribution is 2.28. The minimum atomic E-state index is -0.356. The molecule has 190 valence electrons. The van der Waals surface area contributed by atoms with Gasteiger partial charge in [-0.15, -0.1) is 0 Å². The molecule has 0 saturated heterocycles. The van der Waals surface area contributed by atoms with Crippen LogP contribution in [-0.2, 0) is 30.7 Å². The Hall–Kier alpha value is -2.53. The van der Waals surface area contributed by atoms with Crippen molar-refractivity contribution in [2.24, 2.45) is 0 Å². The van der Waals surface area contributed by atoms with Gasteiger partial charge in [0.2, 0.25) is 0 Å². The molecule has 1 atom stereocenters. The molecule has 4 rings (SSSR count). The van der Waals surface area contributed by atoms with Crippen molar-refractivity contribution in [1.82, 2.24) is 9.80 Å². The third-order valence-electron chi connectivity index (χ3n) is 6.72. The Morgan fingerprint density at radius 1 is 0.944 bits per heavy atom. The highest BCUT2D eigenvalue weighted by molar-refractivity contribution is 6.30. The van der Waals surface area contributed by atoms with Gasteiger partial charge in [-0.2, -0.15) is 0 Å². The van der Waals surface area contributed by atoms with Gasteiger partial charge in [0.25, 0.3) is 0 Å². The Bertz CT molecular complexity index is 1160. The number of fused-ring (bicyclic) bond motifs is 1. The van der Waals surface area contributed by atoms with Crippen LogP contribution in [0.1, 0.15) is 43.0 Å². The van der Waals surface area contributed by atoms with Gasteiger partial charge in [-0.25, -0.2) is 4.79 Å². The first-order chi connectivity index (χ1) is 17.2.